The van der Waals surface area contributed by atoms with Crippen LogP contribution in [0.3, 0.4) is 0 Å². The van der Waals surface area contributed by atoms with Crippen LogP contribution in [0.15, 0.2) is 29.5 Å². The van der Waals surface area contributed by atoms with Gasteiger partial charge in [0.25, 0.3) is 5.91 Å². The van der Waals surface area contributed by atoms with Crippen molar-refractivity contribution in [1.29, 1.82) is 0 Å². The summed E-state index contributed by atoms with van der Waals surface area (Å²) in [5.41, 5.74) is 4.05. The van der Waals surface area contributed by atoms with E-state index in [0.29, 0.717) is 22.8 Å². The second kappa shape index (κ2) is 8.00. The van der Waals surface area contributed by atoms with E-state index in [1.165, 1.54) is 27.5 Å². The average Bonchev–Trinajstić information content (AvgIpc) is 2.98. The number of amides is 1. The Kier molecular flexibility index (Phi) is 5.78. The van der Waals surface area contributed by atoms with Crippen molar-refractivity contribution in [2.45, 2.75) is 13.5 Å². The van der Waals surface area contributed by atoms with E-state index in [2.05, 4.69) is 15.6 Å². The Morgan fingerprint density at radius 1 is 1.25 bits per heavy atom. The molecule has 1 aromatic carbocycles. The minimum Gasteiger partial charge on any atom is -0.493 e. The normalized spacial score (nSPS) is 10.7. The first kappa shape index (κ1) is 17.3. The molecular formula is C16H20N4O4. The minimum absolute atomic E-state index is 0.103. The highest BCUT2D eigenvalue weighted by Gasteiger charge is 2.12. The highest BCUT2D eigenvalue weighted by atomic mass is 16.5. The molecule has 24 heavy (non-hydrogen) atoms. The molecule has 2 aromatic rings. The van der Waals surface area contributed by atoms with Gasteiger partial charge in [0.1, 0.15) is 6.54 Å². The molecule has 0 spiro atoms. The van der Waals surface area contributed by atoms with E-state index >= 15 is 0 Å². The van der Waals surface area contributed by atoms with Gasteiger partial charge < -0.3 is 14.2 Å². The summed E-state index contributed by atoms with van der Waals surface area (Å²) in [5.74, 6) is 1.24. The van der Waals surface area contributed by atoms with Crippen molar-refractivity contribution in [3.05, 3.63) is 35.7 Å². The van der Waals surface area contributed by atoms with Crippen LogP contribution in [0.1, 0.15) is 11.3 Å². The Morgan fingerprint density at radius 2 is 1.92 bits per heavy atom. The van der Waals surface area contributed by atoms with Crippen LogP contribution in [-0.4, -0.2) is 43.2 Å². The maximum atomic E-state index is 11.8. The lowest BCUT2D eigenvalue weighted by Crippen LogP contribution is -2.24. The van der Waals surface area contributed by atoms with Crippen LogP contribution in [0, 0.1) is 6.92 Å². The third kappa shape index (κ3) is 4.03. The van der Waals surface area contributed by atoms with Crippen LogP contribution < -0.4 is 19.6 Å². The Morgan fingerprint density at radius 3 is 2.42 bits per heavy atom. The molecule has 0 aliphatic rings. The second-order valence-electron chi connectivity index (χ2n) is 4.88. The van der Waals surface area contributed by atoms with Gasteiger partial charge in [-0.05, 0) is 25.1 Å². The third-order valence-corrected chi connectivity index (χ3v) is 3.31. The van der Waals surface area contributed by atoms with Gasteiger partial charge in [-0.25, -0.2) is 5.43 Å². The quantitative estimate of drug-likeness (QED) is 0.611. The summed E-state index contributed by atoms with van der Waals surface area (Å²) < 4.78 is 17.4. The van der Waals surface area contributed by atoms with Crippen molar-refractivity contribution >= 4 is 12.1 Å². The molecule has 2 rings (SSSR count). The molecule has 0 saturated heterocycles. The van der Waals surface area contributed by atoms with Gasteiger partial charge in [0.2, 0.25) is 5.75 Å². The van der Waals surface area contributed by atoms with E-state index in [1.54, 1.807) is 23.0 Å². The van der Waals surface area contributed by atoms with Gasteiger partial charge in [-0.1, -0.05) is 0 Å². The SMILES string of the molecule is COc1cc(/C=N/NC(=O)Cn2nccc2C)cc(OC)c1OC. The number of nitrogens with zero attached hydrogens (tertiary/aromatic N) is 3. The molecule has 0 saturated carbocycles. The fourth-order valence-electron chi connectivity index (χ4n) is 2.09. The van der Waals surface area contributed by atoms with Crippen molar-refractivity contribution in [3.8, 4) is 17.2 Å². The second-order valence-corrected chi connectivity index (χ2v) is 4.88. The lowest BCUT2D eigenvalue weighted by atomic mass is 10.2. The zero-order valence-electron chi connectivity index (χ0n) is 14.1. The van der Waals surface area contributed by atoms with Crippen LogP contribution in [0.4, 0.5) is 0 Å². The maximum absolute atomic E-state index is 11.8. The molecule has 128 valence electrons. The Hall–Kier alpha value is -3.03. The molecule has 0 aliphatic carbocycles. The lowest BCUT2D eigenvalue weighted by Gasteiger charge is -2.12. The molecule has 1 N–H and O–H groups in total. The fourth-order valence-corrected chi connectivity index (χ4v) is 2.09. The molecule has 1 heterocycles. The van der Waals surface area contributed by atoms with Gasteiger partial charge >= 0.3 is 0 Å². The van der Waals surface area contributed by atoms with E-state index in [1.807, 2.05) is 13.0 Å². The largest absolute Gasteiger partial charge is 0.493 e. The number of carbonyl (C=O) groups is 1. The van der Waals surface area contributed by atoms with Crippen LogP contribution in [0.25, 0.3) is 0 Å². The monoisotopic (exact) mass is 332 g/mol. The first-order chi connectivity index (χ1) is 11.6. The number of hydrogen-bond donors (Lipinski definition) is 1. The molecule has 0 aliphatic heterocycles. The zero-order chi connectivity index (χ0) is 17.5. The molecule has 0 bridgehead atoms. The van der Waals surface area contributed by atoms with Gasteiger partial charge in [-0.3, -0.25) is 9.48 Å². The Balaban J connectivity index is 2.06. The smallest absolute Gasteiger partial charge is 0.261 e. The number of ether oxygens (including phenoxy) is 3. The Bertz CT molecular complexity index is 714. The van der Waals surface area contributed by atoms with Crippen molar-refractivity contribution in [2.24, 2.45) is 5.10 Å². The number of hydrazone groups is 1. The highest BCUT2D eigenvalue weighted by molar-refractivity contribution is 5.84. The number of rotatable bonds is 7. The van der Waals surface area contributed by atoms with E-state index in [-0.39, 0.29) is 12.5 Å². The summed E-state index contributed by atoms with van der Waals surface area (Å²) in [7, 11) is 4.60. The van der Waals surface area contributed by atoms with Gasteiger partial charge in [0.15, 0.2) is 11.5 Å². The zero-order valence-corrected chi connectivity index (χ0v) is 14.1. The van der Waals surface area contributed by atoms with Crippen LogP contribution in [-0.2, 0) is 11.3 Å². The lowest BCUT2D eigenvalue weighted by molar-refractivity contribution is -0.121. The van der Waals surface area contributed by atoms with E-state index in [9.17, 15) is 4.79 Å². The van der Waals surface area contributed by atoms with E-state index in [0.717, 1.165) is 5.69 Å². The fraction of sp³-hybridized carbons (Fsp3) is 0.312. The van der Waals surface area contributed by atoms with Crippen LogP contribution >= 0.6 is 0 Å². The molecule has 0 atom stereocenters. The summed E-state index contributed by atoms with van der Waals surface area (Å²) in [5, 5.41) is 7.98. The van der Waals surface area contributed by atoms with Gasteiger partial charge in [-0.2, -0.15) is 10.2 Å². The predicted octanol–water partition coefficient (Wildman–Crippen LogP) is 1.37. The van der Waals surface area contributed by atoms with Crippen molar-refractivity contribution in [2.75, 3.05) is 21.3 Å². The number of carbonyl (C=O) groups excluding carboxylic acids is 1. The minimum atomic E-state index is -0.273. The number of benzene rings is 1. The van der Waals surface area contributed by atoms with Gasteiger partial charge in [0, 0.05) is 17.5 Å². The van der Waals surface area contributed by atoms with Gasteiger partial charge in [0.05, 0.1) is 27.5 Å². The summed E-state index contributed by atoms with van der Waals surface area (Å²) in [6.45, 7) is 1.98. The molecular weight excluding hydrogens is 312 g/mol. The van der Waals surface area contributed by atoms with Crippen LogP contribution in [0.5, 0.6) is 17.2 Å². The van der Waals surface area contributed by atoms with E-state index in [4.69, 9.17) is 14.2 Å². The molecule has 0 radical (unpaired) electrons. The number of methoxy groups -OCH3 is 3. The predicted molar refractivity (Wildman–Crippen MR) is 88.8 cm³/mol. The molecule has 1 amide bonds. The van der Waals surface area contributed by atoms with Crippen molar-refractivity contribution in [3.63, 3.8) is 0 Å². The molecule has 0 unspecified atom stereocenters. The number of aromatic nitrogens is 2. The van der Waals surface area contributed by atoms with Crippen LogP contribution in [0.2, 0.25) is 0 Å². The van der Waals surface area contributed by atoms with E-state index < -0.39 is 0 Å². The summed E-state index contributed by atoms with van der Waals surface area (Å²) in [4.78, 5) is 11.8. The highest BCUT2D eigenvalue weighted by Crippen LogP contribution is 2.37. The molecule has 8 nitrogen and oxygen atoms in total. The first-order valence-corrected chi connectivity index (χ1v) is 7.19. The van der Waals surface area contributed by atoms with Crippen molar-refractivity contribution in [1.82, 2.24) is 15.2 Å². The number of hydrogen-bond acceptors (Lipinski definition) is 6. The topological polar surface area (TPSA) is 87.0 Å². The summed E-state index contributed by atoms with van der Waals surface area (Å²) >= 11 is 0. The van der Waals surface area contributed by atoms with Gasteiger partial charge in [-0.15, -0.1) is 0 Å². The number of nitrogens with one attached hydrogen (secondary N) is 1. The Labute approximate surface area is 140 Å². The first-order valence-electron chi connectivity index (χ1n) is 7.19. The average molecular weight is 332 g/mol. The maximum Gasteiger partial charge on any atom is 0.261 e. The molecule has 1 aromatic heterocycles. The summed E-state index contributed by atoms with van der Waals surface area (Å²) in [6, 6.07) is 5.29. The molecule has 8 heteroatoms. The molecule has 0 fully saturated rings. The third-order valence-electron chi connectivity index (χ3n) is 3.31. The standard InChI is InChI=1S/C16H20N4O4/c1-11-5-6-18-20(11)10-15(21)19-17-9-12-7-13(22-2)16(24-4)14(8-12)23-3/h5-9H,10H2,1-4H3,(H,19,21)/b17-9+. The van der Waals surface area contributed by atoms with Crippen molar-refractivity contribution < 1.29 is 19.0 Å². The summed E-state index contributed by atoms with van der Waals surface area (Å²) in [6.07, 6.45) is 3.14. The number of aryl methyl sites for hydroxylation is 1.